The van der Waals surface area contributed by atoms with Gasteiger partial charge in [0.15, 0.2) is 0 Å². The van der Waals surface area contributed by atoms with Crippen molar-refractivity contribution in [3.63, 3.8) is 0 Å². The number of ether oxygens (including phenoxy) is 1. The van der Waals surface area contributed by atoms with Gasteiger partial charge in [0.25, 0.3) is 0 Å². The molecule has 4 heteroatoms. The molecule has 2 N–H and O–H groups in total. The second-order valence-corrected chi connectivity index (χ2v) is 5.84. The second kappa shape index (κ2) is 6.53. The van der Waals surface area contributed by atoms with Crippen molar-refractivity contribution in [3.8, 4) is 0 Å². The first-order valence-electron chi connectivity index (χ1n) is 7.25. The van der Waals surface area contributed by atoms with Crippen LogP contribution in [0.3, 0.4) is 0 Å². The quantitative estimate of drug-likeness (QED) is 0.821. The van der Waals surface area contributed by atoms with Gasteiger partial charge in [0, 0.05) is 26.1 Å². The Labute approximate surface area is 110 Å². The lowest BCUT2D eigenvalue weighted by Gasteiger charge is -2.30. The highest BCUT2D eigenvalue weighted by Gasteiger charge is 2.34. The van der Waals surface area contributed by atoms with Crippen LogP contribution in [0.5, 0.6) is 0 Å². The van der Waals surface area contributed by atoms with Crippen LogP contribution in [0, 0.1) is 17.8 Å². The first-order valence-corrected chi connectivity index (χ1v) is 7.25. The summed E-state index contributed by atoms with van der Waals surface area (Å²) < 4.78 is 5.47. The molecule has 1 unspecified atom stereocenters. The molecule has 0 bridgehead atoms. The molecule has 1 heterocycles. The largest absolute Gasteiger partial charge is 0.381 e. The number of carbonyl (C=O) groups is 1. The first-order chi connectivity index (χ1) is 8.72. The number of amides is 1. The lowest BCUT2D eigenvalue weighted by molar-refractivity contribution is -0.136. The van der Waals surface area contributed by atoms with Gasteiger partial charge in [-0.05, 0) is 44.1 Å². The smallest absolute Gasteiger partial charge is 0.225 e. The fourth-order valence-electron chi connectivity index (χ4n) is 3.36. The van der Waals surface area contributed by atoms with Crippen LogP contribution in [0.4, 0.5) is 0 Å². The van der Waals surface area contributed by atoms with Gasteiger partial charge in [-0.15, -0.1) is 0 Å². The van der Waals surface area contributed by atoms with E-state index in [1.54, 1.807) is 0 Å². The van der Waals surface area contributed by atoms with E-state index in [9.17, 15) is 4.79 Å². The second-order valence-electron chi connectivity index (χ2n) is 5.84. The molecule has 0 aromatic rings. The number of rotatable bonds is 4. The van der Waals surface area contributed by atoms with Gasteiger partial charge in [0.2, 0.25) is 5.91 Å². The third-order valence-electron chi connectivity index (χ3n) is 4.44. The van der Waals surface area contributed by atoms with Gasteiger partial charge in [-0.2, -0.15) is 0 Å². The normalized spacial score (nSPS) is 32.4. The van der Waals surface area contributed by atoms with Crippen molar-refractivity contribution in [2.24, 2.45) is 23.5 Å². The summed E-state index contributed by atoms with van der Waals surface area (Å²) in [5.41, 5.74) is 5.76. The van der Waals surface area contributed by atoms with Gasteiger partial charge in [-0.25, -0.2) is 0 Å². The van der Waals surface area contributed by atoms with Crippen molar-refractivity contribution in [1.29, 1.82) is 0 Å². The summed E-state index contributed by atoms with van der Waals surface area (Å²) in [5.74, 6) is 1.39. The van der Waals surface area contributed by atoms with E-state index in [4.69, 9.17) is 10.5 Å². The summed E-state index contributed by atoms with van der Waals surface area (Å²) in [5, 5.41) is 0. The number of hydrogen-bond acceptors (Lipinski definition) is 3. The number of carbonyl (C=O) groups excluding carboxylic acids is 1. The molecule has 1 aliphatic heterocycles. The summed E-state index contributed by atoms with van der Waals surface area (Å²) in [6.07, 6.45) is 5.60. The van der Waals surface area contributed by atoms with Crippen LogP contribution in [-0.2, 0) is 9.53 Å². The van der Waals surface area contributed by atoms with Crippen molar-refractivity contribution in [2.75, 3.05) is 33.4 Å². The van der Waals surface area contributed by atoms with E-state index in [-0.39, 0.29) is 5.92 Å². The molecule has 2 rings (SSSR count). The molecule has 1 saturated heterocycles. The van der Waals surface area contributed by atoms with E-state index in [2.05, 4.69) is 0 Å². The molecule has 3 atom stereocenters. The predicted octanol–water partition coefficient (Wildman–Crippen LogP) is 1.25. The lowest BCUT2D eigenvalue weighted by Crippen LogP contribution is -2.40. The maximum absolute atomic E-state index is 12.4. The van der Waals surface area contributed by atoms with Gasteiger partial charge in [-0.3, -0.25) is 4.79 Å². The summed E-state index contributed by atoms with van der Waals surface area (Å²) in [4.78, 5) is 14.3. The Morgan fingerprint density at radius 1 is 1.33 bits per heavy atom. The SMILES string of the molecule is CN(CC1CCCOC1)C(=O)[C@@H]1CCC[C@@H]1CN. The van der Waals surface area contributed by atoms with Gasteiger partial charge in [-0.1, -0.05) is 6.42 Å². The minimum Gasteiger partial charge on any atom is -0.381 e. The van der Waals surface area contributed by atoms with Crippen LogP contribution in [0.2, 0.25) is 0 Å². The van der Waals surface area contributed by atoms with Crippen LogP contribution in [0.1, 0.15) is 32.1 Å². The first kappa shape index (κ1) is 13.8. The van der Waals surface area contributed by atoms with Crippen molar-refractivity contribution in [2.45, 2.75) is 32.1 Å². The van der Waals surface area contributed by atoms with Crippen molar-refractivity contribution >= 4 is 5.91 Å². The van der Waals surface area contributed by atoms with E-state index < -0.39 is 0 Å². The lowest BCUT2D eigenvalue weighted by atomic mass is 9.94. The van der Waals surface area contributed by atoms with Crippen LogP contribution in [0.25, 0.3) is 0 Å². The maximum Gasteiger partial charge on any atom is 0.225 e. The van der Waals surface area contributed by atoms with Gasteiger partial charge in [0.05, 0.1) is 6.61 Å². The highest BCUT2D eigenvalue weighted by atomic mass is 16.5. The number of hydrogen-bond donors (Lipinski definition) is 1. The third-order valence-corrected chi connectivity index (χ3v) is 4.44. The average Bonchev–Trinajstić information content (AvgIpc) is 2.87. The molecule has 0 spiro atoms. The zero-order valence-electron chi connectivity index (χ0n) is 11.4. The topological polar surface area (TPSA) is 55.6 Å². The summed E-state index contributed by atoms with van der Waals surface area (Å²) in [7, 11) is 1.93. The fraction of sp³-hybridized carbons (Fsp3) is 0.929. The van der Waals surface area contributed by atoms with Gasteiger partial charge < -0.3 is 15.4 Å². The number of nitrogens with two attached hydrogens (primary N) is 1. The average molecular weight is 254 g/mol. The molecule has 1 aliphatic carbocycles. The monoisotopic (exact) mass is 254 g/mol. The van der Waals surface area contributed by atoms with E-state index in [1.165, 1.54) is 6.42 Å². The molecular weight excluding hydrogens is 228 g/mol. The Morgan fingerprint density at radius 3 is 2.83 bits per heavy atom. The Bertz CT molecular complexity index is 277. The predicted molar refractivity (Wildman–Crippen MR) is 71.1 cm³/mol. The van der Waals surface area contributed by atoms with E-state index in [1.807, 2.05) is 11.9 Å². The summed E-state index contributed by atoms with van der Waals surface area (Å²) in [6, 6.07) is 0. The summed E-state index contributed by atoms with van der Waals surface area (Å²) in [6.45, 7) is 3.18. The zero-order chi connectivity index (χ0) is 13.0. The van der Waals surface area contributed by atoms with Gasteiger partial charge in [0.1, 0.15) is 0 Å². The molecule has 1 amide bonds. The van der Waals surface area contributed by atoms with E-state index in [0.29, 0.717) is 24.3 Å². The van der Waals surface area contributed by atoms with Gasteiger partial charge >= 0.3 is 0 Å². The highest BCUT2D eigenvalue weighted by Crippen LogP contribution is 2.32. The summed E-state index contributed by atoms with van der Waals surface area (Å²) >= 11 is 0. The number of nitrogens with zero attached hydrogens (tertiary/aromatic N) is 1. The highest BCUT2D eigenvalue weighted by molar-refractivity contribution is 5.79. The zero-order valence-corrected chi connectivity index (χ0v) is 11.4. The molecule has 0 aromatic heterocycles. The molecular formula is C14H26N2O2. The Hall–Kier alpha value is -0.610. The molecule has 2 aliphatic rings. The molecule has 1 saturated carbocycles. The molecule has 18 heavy (non-hydrogen) atoms. The standard InChI is InChI=1S/C14H26N2O2/c1-16(9-11-4-3-7-18-10-11)14(17)13-6-2-5-12(13)8-15/h11-13H,2-10,15H2,1H3/t11?,12-,13-/m1/s1. The minimum atomic E-state index is 0.171. The van der Waals surface area contributed by atoms with Crippen LogP contribution in [0.15, 0.2) is 0 Å². The Balaban J connectivity index is 1.83. The van der Waals surface area contributed by atoms with E-state index >= 15 is 0 Å². The van der Waals surface area contributed by atoms with Crippen LogP contribution >= 0.6 is 0 Å². The van der Waals surface area contributed by atoms with E-state index in [0.717, 1.165) is 45.4 Å². The molecule has 2 fully saturated rings. The fourth-order valence-corrected chi connectivity index (χ4v) is 3.36. The van der Waals surface area contributed by atoms with Crippen molar-refractivity contribution in [3.05, 3.63) is 0 Å². The van der Waals surface area contributed by atoms with Crippen molar-refractivity contribution < 1.29 is 9.53 Å². The van der Waals surface area contributed by atoms with Crippen LogP contribution in [-0.4, -0.2) is 44.2 Å². The molecule has 4 nitrogen and oxygen atoms in total. The van der Waals surface area contributed by atoms with Crippen LogP contribution < -0.4 is 5.73 Å². The molecule has 0 radical (unpaired) electrons. The maximum atomic E-state index is 12.4. The van der Waals surface area contributed by atoms with Crippen molar-refractivity contribution in [1.82, 2.24) is 4.90 Å². The minimum absolute atomic E-state index is 0.171. The molecule has 104 valence electrons. The Kier molecular flexibility index (Phi) is 5.01. The Morgan fingerprint density at radius 2 is 2.17 bits per heavy atom. The third kappa shape index (κ3) is 3.23. The molecule has 0 aromatic carbocycles.